The topological polar surface area (TPSA) is 23.8 Å². The van der Waals surface area contributed by atoms with Crippen molar-refractivity contribution in [3.05, 3.63) is 29.8 Å². The summed E-state index contributed by atoms with van der Waals surface area (Å²) in [5, 5.41) is 8.40. The molecular weight excluding hydrogens is 190 g/mol. The van der Waals surface area contributed by atoms with Gasteiger partial charge in [-0.15, -0.1) is 11.8 Å². The molecule has 0 radical (unpaired) electrons. The zero-order valence-corrected chi connectivity index (χ0v) is 9.47. The van der Waals surface area contributed by atoms with Crippen molar-refractivity contribution in [3.8, 4) is 6.07 Å². The van der Waals surface area contributed by atoms with Gasteiger partial charge in [0.15, 0.2) is 0 Å². The van der Waals surface area contributed by atoms with Crippen LogP contribution in [-0.4, -0.2) is 5.75 Å². The van der Waals surface area contributed by atoms with Crippen LogP contribution in [0.4, 0.5) is 0 Å². The molecule has 0 N–H and O–H groups in total. The summed E-state index contributed by atoms with van der Waals surface area (Å²) in [4.78, 5) is 1.25. The molecule has 0 bridgehead atoms. The molecule has 0 spiro atoms. The fourth-order valence-electron chi connectivity index (χ4n) is 1.16. The van der Waals surface area contributed by atoms with Crippen molar-refractivity contribution in [2.75, 3.05) is 5.75 Å². The van der Waals surface area contributed by atoms with Crippen molar-refractivity contribution >= 4 is 11.8 Å². The summed E-state index contributed by atoms with van der Waals surface area (Å²) >= 11 is 1.74. The third-order valence-electron chi connectivity index (χ3n) is 2.03. The van der Waals surface area contributed by atoms with Crippen molar-refractivity contribution in [1.82, 2.24) is 0 Å². The second-order valence-corrected chi connectivity index (χ2v) is 4.65. The predicted octanol–water partition coefficient (Wildman–Crippen LogP) is 3.82. The smallest absolute Gasteiger partial charge is 0.0630 e. The summed E-state index contributed by atoms with van der Waals surface area (Å²) in [6.45, 7) is 4.38. The van der Waals surface area contributed by atoms with E-state index in [0.29, 0.717) is 12.3 Å². The van der Waals surface area contributed by atoms with Gasteiger partial charge in [0.1, 0.15) is 0 Å². The Kier molecular flexibility index (Phi) is 4.55. The van der Waals surface area contributed by atoms with Crippen LogP contribution in [0.5, 0.6) is 0 Å². The monoisotopic (exact) mass is 205 g/mol. The number of nitrogens with zero attached hydrogens (tertiary/aromatic N) is 1. The number of hydrogen-bond donors (Lipinski definition) is 0. The van der Waals surface area contributed by atoms with Gasteiger partial charge in [-0.25, -0.2) is 0 Å². The summed E-state index contributed by atoms with van der Waals surface area (Å²) in [5.41, 5.74) is 1.37. The van der Waals surface area contributed by atoms with Crippen LogP contribution in [0.15, 0.2) is 29.2 Å². The standard InChI is InChI=1S/C12H15NS/c1-10(2)11-4-6-12(7-5-11)14-9-3-8-13/h4-7,10H,3,9H2,1-2H3. The molecule has 74 valence electrons. The van der Waals surface area contributed by atoms with Crippen LogP contribution in [0.1, 0.15) is 31.7 Å². The largest absolute Gasteiger partial charge is 0.198 e. The molecule has 0 heterocycles. The highest BCUT2D eigenvalue weighted by atomic mass is 32.2. The Morgan fingerprint density at radius 3 is 2.43 bits per heavy atom. The van der Waals surface area contributed by atoms with Gasteiger partial charge in [-0.1, -0.05) is 26.0 Å². The molecule has 0 aliphatic rings. The molecule has 0 atom stereocenters. The molecule has 0 aliphatic heterocycles. The van der Waals surface area contributed by atoms with Crippen LogP contribution in [0.2, 0.25) is 0 Å². The Morgan fingerprint density at radius 1 is 1.29 bits per heavy atom. The fraction of sp³-hybridized carbons (Fsp3) is 0.417. The molecule has 2 heteroatoms. The SMILES string of the molecule is CC(C)c1ccc(SCCC#N)cc1. The first-order valence-corrected chi connectivity index (χ1v) is 5.82. The van der Waals surface area contributed by atoms with E-state index in [1.54, 1.807) is 11.8 Å². The zero-order valence-electron chi connectivity index (χ0n) is 8.66. The molecule has 0 amide bonds. The van der Waals surface area contributed by atoms with Crippen LogP contribution >= 0.6 is 11.8 Å². The Morgan fingerprint density at radius 2 is 1.93 bits per heavy atom. The number of rotatable bonds is 4. The van der Waals surface area contributed by atoms with Gasteiger partial charge < -0.3 is 0 Å². The van der Waals surface area contributed by atoms with E-state index in [2.05, 4.69) is 44.2 Å². The van der Waals surface area contributed by atoms with Crippen molar-refractivity contribution in [2.24, 2.45) is 0 Å². The number of nitriles is 1. The minimum atomic E-state index is 0.591. The highest BCUT2D eigenvalue weighted by Gasteiger charge is 1.98. The first kappa shape index (κ1) is 11.1. The van der Waals surface area contributed by atoms with E-state index in [1.807, 2.05) is 0 Å². The molecule has 0 saturated heterocycles. The van der Waals surface area contributed by atoms with Crippen LogP contribution in [-0.2, 0) is 0 Å². The Labute approximate surface area is 90.1 Å². The van der Waals surface area contributed by atoms with Crippen molar-refractivity contribution < 1.29 is 0 Å². The van der Waals surface area contributed by atoms with Gasteiger partial charge in [0.2, 0.25) is 0 Å². The molecule has 1 aromatic carbocycles. The number of hydrogen-bond acceptors (Lipinski definition) is 2. The first-order chi connectivity index (χ1) is 6.74. The summed E-state index contributed by atoms with van der Waals surface area (Å²) in [6, 6.07) is 10.8. The average Bonchev–Trinajstić information content (AvgIpc) is 2.19. The second kappa shape index (κ2) is 5.72. The number of benzene rings is 1. The molecule has 0 aromatic heterocycles. The predicted molar refractivity (Wildman–Crippen MR) is 61.5 cm³/mol. The lowest BCUT2D eigenvalue weighted by Crippen LogP contribution is -1.86. The Bertz CT molecular complexity index is 308. The van der Waals surface area contributed by atoms with Crippen LogP contribution < -0.4 is 0 Å². The molecule has 1 aromatic rings. The lowest BCUT2D eigenvalue weighted by atomic mass is 10.0. The highest BCUT2D eigenvalue weighted by molar-refractivity contribution is 7.99. The van der Waals surface area contributed by atoms with Crippen LogP contribution in [0.25, 0.3) is 0 Å². The molecule has 1 nitrogen and oxygen atoms in total. The Balaban J connectivity index is 2.52. The molecular formula is C12H15NS. The third-order valence-corrected chi connectivity index (χ3v) is 3.04. The van der Waals surface area contributed by atoms with E-state index < -0.39 is 0 Å². The molecule has 0 unspecified atom stereocenters. The third kappa shape index (κ3) is 3.43. The zero-order chi connectivity index (χ0) is 10.4. The van der Waals surface area contributed by atoms with Crippen molar-refractivity contribution in [2.45, 2.75) is 31.1 Å². The van der Waals surface area contributed by atoms with Gasteiger partial charge in [0.05, 0.1) is 6.07 Å². The van der Waals surface area contributed by atoms with Crippen LogP contribution in [0, 0.1) is 11.3 Å². The lowest BCUT2D eigenvalue weighted by molar-refractivity contribution is 0.865. The van der Waals surface area contributed by atoms with E-state index >= 15 is 0 Å². The van der Waals surface area contributed by atoms with Crippen LogP contribution in [0.3, 0.4) is 0 Å². The van der Waals surface area contributed by atoms with Crippen molar-refractivity contribution in [3.63, 3.8) is 0 Å². The molecule has 0 fully saturated rings. The van der Waals surface area contributed by atoms with E-state index in [4.69, 9.17) is 5.26 Å². The lowest BCUT2D eigenvalue weighted by Gasteiger charge is -2.05. The van der Waals surface area contributed by atoms with E-state index in [-0.39, 0.29) is 0 Å². The summed E-state index contributed by atoms with van der Waals surface area (Å²) in [7, 11) is 0. The van der Waals surface area contributed by atoms with Gasteiger partial charge in [-0.2, -0.15) is 5.26 Å². The molecule has 14 heavy (non-hydrogen) atoms. The first-order valence-electron chi connectivity index (χ1n) is 4.83. The van der Waals surface area contributed by atoms with Crippen molar-refractivity contribution in [1.29, 1.82) is 5.26 Å². The summed E-state index contributed by atoms with van der Waals surface area (Å²) < 4.78 is 0. The molecule has 0 saturated carbocycles. The van der Waals surface area contributed by atoms with E-state index in [9.17, 15) is 0 Å². The Hall–Kier alpha value is -0.940. The number of thioether (sulfide) groups is 1. The minimum absolute atomic E-state index is 0.591. The van der Waals surface area contributed by atoms with Gasteiger partial charge in [-0.3, -0.25) is 0 Å². The van der Waals surface area contributed by atoms with Gasteiger partial charge >= 0.3 is 0 Å². The maximum absolute atomic E-state index is 8.40. The van der Waals surface area contributed by atoms with E-state index in [0.717, 1.165) is 5.75 Å². The van der Waals surface area contributed by atoms with Gasteiger partial charge in [-0.05, 0) is 23.6 Å². The average molecular weight is 205 g/mol. The quantitative estimate of drug-likeness (QED) is 0.551. The normalized spacial score (nSPS) is 10.1. The fourth-order valence-corrected chi connectivity index (χ4v) is 1.92. The maximum atomic E-state index is 8.40. The maximum Gasteiger partial charge on any atom is 0.0630 e. The van der Waals surface area contributed by atoms with Gasteiger partial charge in [0, 0.05) is 17.1 Å². The highest BCUT2D eigenvalue weighted by Crippen LogP contribution is 2.21. The molecule has 0 aliphatic carbocycles. The molecule has 1 rings (SSSR count). The summed E-state index contributed by atoms with van der Waals surface area (Å²) in [5.74, 6) is 1.48. The van der Waals surface area contributed by atoms with Gasteiger partial charge in [0.25, 0.3) is 0 Å². The van der Waals surface area contributed by atoms with E-state index in [1.165, 1.54) is 10.5 Å². The second-order valence-electron chi connectivity index (χ2n) is 3.48. The minimum Gasteiger partial charge on any atom is -0.198 e. The summed E-state index contributed by atoms with van der Waals surface area (Å²) in [6.07, 6.45) is 0.622.